The smallest absolute Gasteiger partial charge is 0.0639 e. The van der Waals surface area contributed by atoms with E-state index in [4.69, 9.17) is 11.6 Å². The Morgan fingerprint density at radius 2 is 1.95 bits per heavy atom. The molecule has 3 heteroatoms. The number of hydrogen-bond acceptors (Lipinski definition) is 1. The summed E-state index contributed by atoms with van der Waals surface area (Å²) in [4.78, 5) is 0. The Morgan fingerprint density at radius 3 is 2.79 bits per heavy atom. The van der Waals surface area contributed by atoms with Crippen LogP contribution in [0.5, 0.6) is 0 Å². The second kappa shape index (κ2) is 5.66. The summed E-state index contributed by atoms with van der Waals surface area (Å²) in [5.74, 6) is 0. The number of halogens is 2. The lowest BCUT2D eigenvalue weighted by atomic mass is 10.0. The first-order valence-corrected chi connectivity index (χ1v) is 8.19. The molecule has 1 heterocycles. The quantitative estimate of drug-likeness (QED) is 0.494. The van der Waals surface area contributed by atoms with Gasteiger partial charge in [0.25, 0.3) is 0 Å². The molecule has 96 valence electrons. The third-order valence-corrected chi connectivity index (χ3v) is 5.02. The van der Waals surface area contributed by atoms with Gasteiger partial charge in [0, 0.05) is 9.17 Å². The average molecular weight is 352 g/mol. The standard InChI is InChI=1S/C16H12BrClS/c17-12-5-3-4-11(8-12)9-15(18)14-10-19-16-7-2-1-6-13(14)16/h1-8,10,15H,9H2. The maximum absolute atomic E-state index is 6.60. The number of rotatable bonds is 3. The van der Waals surface area contributed by atoms with Gasteiger partial charge in [-0.25, -0.2) is 0 Å². The molecule has 1 atom stereocenters. The van der Waals surface area contributed by atoms with Crippen molar-refractivity contribution in [3.05, 3.63) is 69.5 Å². The first-order valence-electron chi connectivity index (χ1n) is 6.08. The zero-order chi connectivity index (χ0) is 13.2. The number of fused-ring (bicyclic) bond motifs is 1. The van der Waals surface area contributed by atoms with Gasteiger partial charge in [-0.15, -0.1) is 22.9 Å². The fourth-order valence-corrected chi connectivity index (χ4v) is 4.12. The summed E-state index contributed by atoms with van der Waals surface area (Å²) in [7, 11) is 0. The predicted molar refractivity (Wildman–Crippen MR) is 88.3 cm³/mol. The summed E-state index contributed by atoms with van der Waals surface area (Å²) in [6.07, 6.45) is 0.849. The van der Waals surface area contributed by atoms with Crippen LogP contribution in [0.15, 0.2) is 58.4 Å². The van der Waals surface area contributed by atoms with Gasteiger partial charge < -0.3 is 0 Å². The minimum atomic E-state index is 0.0189. The monoisotopic (exact) mass is 350 g/mol. The maximum atomic E-state index is 6.60. The van der Waals surface area contributed by atoms with Crippen LogP contribution in [0, 0.1) is 0 Å². The van der Waals surface area contributed by atoms with E-state index in [9.17, 15) is 0 Å². The van der Waals surface area contributed by atoms with Gasteiger partial charge in [0.1, 0.15) is 0 Å². The van der Waals surface area contributed by atoms with Crippen LogP contribution in [0.2, 0.25) is 0 Å². The van der Waals surface area contributed by atoms with Crippen molar-refractivity contribution in [2.45, 2.75) is 11.8 Å². The highest BCUT2D eigenvalue weighted by molar-refractivity contribution is 9.10. The van der Waals surface area contributed by atoms with Crippen molar-refractivity contribution in [1.82, 2.24) is 0 Å². The van der Waals surface area contributed by atoms with E-state index in [1.54, 1.807) is 11.3 Å². The summed E-state index contributed by atoms with van der Waals surface area (Å²) < 4.78 is 2.40. The summed E-state index contributed by atoms with van der Waals surface area (Å²) in [6, 6.07) is 16.8. The van der Waals surface area contributed by atoms with Gasteiger partial charge in [0.2, 0.25) is 0 Å². The molecule has 0 saturated heterocycles. The van der Waals surface area contributed by atoms with Crippen LogP contribution >= 0.6 is 38.9 Å². The zero-order valence-electron chi connectivity index (χ0n) is 10.1. The molecule has 1 unspecified atom stereocenters. The third kappa shape index (κ3) is 2.86. The molecular weight excluding hydrogens is 340 g/mol. The van der Waals surface area contributed by atoms with E-state index in [2.05, 4.69) is 63.8 Å². The molecule has 0 aliphatic rings. The molecule has 1 aromatic heterocycles. The van der Waals surface area contributed by atoms with E-state index in [-0.39, 0.29) is 5.38 Å². The van der Waals surface area contributed by atoms with Crippen LogP contribution in [0.25, 0.3) is 10.1 Å². The molecule has 3 rings (SSSR count). The summed E-state index contributed by atoms with van der Waals surface area (Å²) in [6.45, 7) is 0. The molecule has 0 bridgehead atoms. The molecule has 19 heavy (non-hydrogen) atoms. The minimum Gasteiger partial charge on any atom is -0.143 e. The number of alkyl halides is 1. The first kappa shape index (κ1) is 13.2. The van der Waals surface area contributed by atoms with E-state index >= 15 is 0 Å². The molecule has 0 aliphatic heterocycles. The van der Waals surface area contributed by atoms with Crippen molar-refractivity contribution in [3.8, 4) is 0 Å². The van der Waals surface area contributed by atoms with Gasteiger partial charge in [-0.1, -0.05) is 46.3 Å². The van der Waals surface area contributed by atoms with Gasteiger partial charge in [-0.05, 0) is 46.5 Å². The number of thiophene rings is 1. The fraction of sp³-hybridized carbons (Fsp3) is 0.125. The Bertz CT molecular complexity index is 705. The Kier molecular flexibility index (Phi) is 3.92. The van der Waals surface area contributed by atoms with Crippen molar-refractivity contribution in [2.24, 2.45) is 0 Å². The molecule has 0 nitrogen and oxygen atoms in total. The number of hydrogen-bond donors (Lipinski definition) is 0. The fourth-order valence-electron chi connectivity index (χ4n) is 2.22. The Hall–Kier alpha value is -0.830. The summed E-state index contributed by atoms with van der Waals surface area (Å²) >= 11 is 11.9. The van der Waals surface area contributed by atoms with Crippen LogP contribution in [-0.4, -0.2) is 0 Å². The van der Waals surface area contributed by atoms with E-state index in [1.165, 1.54) is 21.2 Å². The molecule has 0 saturated carbocycles. The van der Waals surface area contributed by atoms with Crippen LogP contribution in [0.4, 0.5) is 0 Å². The maximum Gasteiger partial charge on any atom is 0.0639 e. The van der Waals surface area contributed by atoms with Gasteiger partial charge in [-0.3, -0.25) is 0 Å². The average Bonchev–Trinajstić information content (AvgIpc) is 2.82. The lowest BCUT2D eigenvalue weighted by Gasteiger charge is -2.09. The Labute approximate surface area is 130 Å². The van der Waals surface area contributed by atoms with Gasteiger partial charge >= 0.3 is 0 Å². The second-order valence-electron chi connectivity index (χ2n) is 4.49. The molecule has 0 fully saturated rings. The lowest BCUT2D eigenvalue weighted by molar-refractivity contribution is 0.931. The topological polar surface area (TPSA) is 0 Å². The third-order valence-electron chi connectivity index (χ3n) is 3.15. The molecule has 0 N–H and O–H groups in total. The Morgan fingerprint density at radius 1 is 1.11 bits per heavy atom. The molecule has 3 aromatic rings. The molecule has 0 aliphatic carbocycles. The molecule has 0 radical (unpaired) electrons. The molecule has 0 spiro atoms. The van der Waals surface area contributed by atoms with E-state index in [1.807, 2.05) is 6.07 Å². The van der Waals surface area contributed by atoms with Gasteiger partial charge in [0.15, 0.2) is 0 Å². The van der Waals surface area contributed by atoms with Crippen molar-refractivity contribution >= 4 is 49.0 Å². The summed E-state index contributed by atoms with van der Waals surface area (Å²) in [5, 5.41) is 3.48. The minimum absolute atomic E-state index is 0.0189. The van der Waals surface area contributed by atoms with Crippen LogP contribution in [0.3, 0.4) is 0 Å². The van der Waals surface area contributed by atoms with E-state index in [0.717, 1.165) is 10.9 Å². The second-order valence-corrected chi connectivity index (χ2v) is 6.84. The predicted octanol–water partition coefficient (Wildman–Crippen LogP) is 6.19. The summed E-state index contributed by atoms with van der Waals surface area (Å²) in [5.41, 5.74) is 2.49. The highest BCUT2D eigenvalue weighted by Gasteiger charge is 2.13. The van der Waals surface area contributed by atoms with E-state index in [0.29, 0.717) is 0 Å². The van der Waals surface area contributed by atoms with Crippen LogP contribution in [-0.2, 0) is 6.42 Å². The first-order chi connectivity index (χ1) is 9.24. The van der Waals surface area contributed by atoms with Crippen LogP contribution in [0.1, 0.15) is 16.5 Å². The van der Waals surface area contributed by atoms with Crippen molar-refractivity contribution in [1.29, 1.82) is 0 Å². The molecule has 2 aromatic carbocycles. The molecule has 0 amide bonds. The van der Waals surface area contributed by atoms with Gasteiger partial charge in [-0.2, -0.15) is 0 Å². The van der Waals surface area contributed by atoms with Crippen molar-refractivity contribution in [2.75, 3.05) is 0 Å². The zero-order valence-corrected chi connectivity index (χ0v) is 13.3. The Balaban J connectivity index is 1.90. The van der Waals surface area contributed by atoms with Crippen molar-refractivity contribution in [3.63, 3.8) is 0 Å². The van der Waals surface area contributed by atoms with Crippen LogP contribution < -0.4 is 0 Å². The lowest BCUT2D eigenvalue weighted by Crippen LogP contribution is -1.94. The van der Waals surface area contributed by atoms with Crippen molar-refractivity contribution < 1.29 is 0 Å². The van der Waals surface area contributed by atoms with E-state index < -0.39 is 0 Å². The largest absolute Gasteiger partial charge is 0.143 e. The highest BCUT2D eigenvalue weighted by Crippen LogP contribution is 2.35. The normalized spacial score (nSPS) is 12.7. The molecular formula is C16H12BrClS. The highest BCUT2D eigenvalue weighted by atomic mass is 79.9. The number of benzene rings is 2. The van der Waals surface area contributed by atoms with Gasteiger partial charge in [0.05, 0.1) is 5.38 Å². The SMILES string of the molecule is ClC(Cc1cccc(Br)c1)c1csc2ccccc12.